The molecule has 2 N–H and O–H groups in total. The van der Waals surface area contributed by atoms with Crippen LogP contribution in [-0.4, -0.2) is 24.0 Å². The number of phenolic OH excluding ortho intramolecular Hbond substituents is 1. The van der Waals surface area contributed by atoms with E-state index in [0.29, 0.717) is 5.56 Å². The molecule has 0 radical (unpaired) electrons. The van der Waals surface area contributed by atoms with Crippen LogP contribution < -0.4 is 5.32 Å². The maximum atomic E-state index is 12.6. The van der Waals surface area contributed by atoms with Gasteiger partial charge in [-0.05, 0) is 24.6 Å². The van der Waals surface area contributed by atoms with Crippen molar-refractivity contribution in [3.63, 3.8) is 0 Å². The van der Waals surface area contributed by atoms with Crippen molar-refractivity contribution in [1.29, 1.82) is 0 Å². The van der Waals surface area contributed by atoms with Crippen molar-refractivity contribution in [1.82, 2.24) is 5.32 Å². The zero-order valence-corrected chi connectivity index (χ0v) is 9.13. The van der Waals surface area contributed by atoms with E-state index < -0.39 is 24.9 Å². The molecule has 0 heterocycles. The molecule has 1 aromatic rings. The minimum atomic E-state index is -4.04. The fourth-order valence-electron chi connectivity index (χ4n) is 1.25. The van der Waals surface area contributed by atoms with Crippen molar-refractivity contribution in [3.8, 4) is 5.75 Å². The molecule has 0 spiro atoms. The Morgan fingerprint density at radius 1 is 1.24 bits per heavy atom. The molecular formula is C11H13F4NO. The van der Waals surface area contributed by atoms with Gasteiger partial charge in [-0.25, -0.2) is 8.78 Å². The first-order chi connectivity index (χ1) is 7.83. The lowest BCUT2D eigenvalue weighted by Crippen LogP contribution is -2.39. The highest BCUT2D eigenvalue weighted by Crippen LogP contribution is 2.23. The number of alkyl halides is 4. The van der Waals surface area contributed by atoms with Crippen molar-refractivity contribution in [2.45, 2.75) is 25.3 Å². The Morgan fingerprint density at radius 3 is 2.24 bits per heavy atom. The SMILES string of the molecule is CC(NCC(F)(F)C(F)F)c1ccc(O)cc1. The minimum absolute atomic E-state index is 0.0545. The normalized spacial score (nSPS) is 14.0. The molecule has 1 aromatic carbocycles. The Morgan fingerprint density at radius 2 is 1.76 bits per heavy atom. The maximum Gasteiger partial charge on any atom is 0.319 e. The molecule has 0 amide bonds. The molecule has 0 fully saturated rings. The molecule has 96 valence electrons. The number of rotatable bonds is 5. The fraction of sp³-hybridized carbons (Fsp3) is 0.455. The van der Waals surface area contributed by atoms with Gasteiger partial charge in [-0.15, -0.1) is 0 Å². The van der Waals surface area contributed by atoms with Gasteiger partial charge in [0.2, 0.25) is 0 Å². The van der Waals surface area contributed by atoms with Gasteiger partial charge in [0.1, 0.15) is 5.75 Å². The van der Waals surface area contributed by atoms with E-state index in [1.165, 1.54) is 24.3 Å². The second-order valence-electron chi connectivity index (χ2n) is 3.76. The van der Waals surface area contributed by atoms with Gasteiger partial charge >= 0.3 is 12.3 Å². The summed E-state index contributed by atoms with van der Waals surface area (Å²) in [5.41, 5.74) is 0.632. The molecular weight excluding hydrogens is 238 g/mol. The summed E-state index contributed by atoms with van der Waals surface area (Å²) in [6.45, 7) is 0.487. The topological polar surface area (TPSA) is 32.3 Å². The largest absolute Gasteiger partial charge is 0.508 e. The lowest BCUT2D eigenvalue weighted by molar-refractivity contribution is -0.126. The zero-order valence-electron chi connectivity index (χ0n) is 9.13. The molecule has 1 unspecified atom stereocenters. The van der Waals surface area contributed by atoms with E-state index in [2.05, 4.69) is 5.32 Å². The molecule has 1 rings (SSSR count). The highest BCUT2D eigenvalue weighted by Gasteiger charge is 2.40. The summed E-state index contributed by atoms with van der Waals surface area (Å²) in [5, 5.41) is 11.4. The van der Waals surface area contributed by atoms with E-state index >= 15 is 0 Å². The monoisotopic (exact) mass is 251 g/mol. The van der Waals surface area contributed by atoms with E-state index in [4.69, 9.17) is 5.11 Å². The zero-order chi connectivity index (χ0) is 13.1. The Bertz CT molecular complexity index is 353. The summed E-state index contributed by atoms with van der Waals surface area (Å²) >= 11 is 0. The second-order valence-corrected chi connectivity index (χ2v) is 3.76. The van der Waals surface area contributed by atoms with Gasteiger partial charge < -0.3 is 10.4 Å². The molecule has 0 saturated heterocycles. The van der Waals surface area contributed by atoms with Crippen LogP contribution in [0, 0.1) is 0 Å². The van der Waals surface area contributed by atoms with Gasteiger partial charge in [-0.3, -0.25) is 0 Å². The van der Waals surface area contributed by atoms with Crippen LogP contribution in [-0.2, 0) is 0 Å². The third-order valence-corrected chi connectivity index (χ3v) is 2.36. The predicted molar refractivity (Wildman–Crippen MR) is 55.5 cm³/mol. The minimum Gasteiger partial charge on any atom is -0.508 e. The first-order valence-corrected chi connectivity index (χ1v) is 5.01. The number of hydrogen-bond donors (Lipinski definition) is 2. The quantitative estimate of drug-likeness (QED) is 0.788. The average Bonchev–Trinajstić information content (AvgIpc) is 2.27. The number of aromatic hydroxyl groups is 1. The average molecular weight is 251 g/mol. The first-order valence-electron chi connectivity index (χ1n) is 5.01. The smallest absolute Gasteiger partial charge is 0.319 e. The van der Waals surface area contributed by atoms with E-state index in [1.54, 1.807) is 6.92 Å². The van der Waals surface area contributed by atoms with Crippen LogP contribution in [0.5, 0.6) is 5.75 Å². The molecule has 0 saturated carbocycles. The van der Waals surface area contributed by atoms with E-state index in [0.717, 1.165) is 0 Å². The lowest BCUT2D eigenvalue weighted by atomic mass is 10.1. The van der Waals surface area contributed by atoms with Gasteiger partial charge in [0.15, 0.2) is 0 Å². The summed E-state index contributed by atoms with van der Waals surface area (Å²) in [7, 11) is 0. The van der Waals surface area contributed by atoms with Crippen molar-refractivity contribution >= 4 is 0 Å². The Kier molecular flexibility index (Phi) is 4.34. The lowest BCUT2D eigenvalue weighted by Gasteiger charge is -2.20. The standard InChI is InChI=1S/C11H13F4NO/c1-7(8-2-4-9(17)5-3-8)16-6-11(14,15)10(12)13/h2-5,7,10,16-17H,6H2,1H3. The summed E-state index contributed by atoms with van der Waals surface area (Å²) in [4.78, 5) is 0. The van der Waals surface area contributed by atoms with Crippen molar-refractivity contribution in [2.24, 2.45) is 0 Å². The van der Waals surface area contributed by atoms with Gasteiger partial charge in [0.25, 0.3) is 0 Å². The van der Waals surface area contributed by atoms with E-state index in [1.807, 2.05) is 0 Å². The number of phenols is 1. The van der Waals surface area contributed by atoms with Crippen LogP contribution in [0.3, 0.4) is 0 Å². The molecule has 0 aliphatic heterocycles. The summed E-state index contributed by atoms with van der Waals surface area (Å²) in [6, 6.07) is 5.37. The van der Waals surface area contributed by atoms with Crippen LogP contribution in [0.4, 0.5) is 17.6 Å². The Labute approximate surface area is 96.3 Å². The summed E-state index contributed by atoms with van der Waals surface area (Å²) in [5.74, 6) is -3.98. The van der Waals surface area contributed by atoms with Gasteiger partial charge in [-0.1, -0.05) is 12.1 Å². The second kappa shape index (κ2) is 5.35. The molecule has 1 atom stereocenters. The van der Waals surface area contributed by atoms with E-state index in [-0.39, 0.29) is 5.75 Å². The van der Waals surface area contributed by atoms with Crippen LogP contribution in [0.2, 0.25) is 0 Å². The number of benzene rings is 1. The molecule has 2 nitrogen and oxygen atoms in total. The number of nitrogens with one attached hydrogen (secondary N) is 1. The number of halogens is 4. The van der Waals surface area contributed by atoms with Crippen LogP contribution in [0.15, 0.2) is 24.3 Å². The molecule has 0 aliphatic carbocycles. The maximum absolute atomic E-state index is 12.6. The molecule has 0 aromatic heterocycles. The first kappa shape index (κ1) is 13.8. The van der Waals surface area contributed by atoms with Gasteiger partial charge in [0.05, 0.1) is 6.54 Å². The number of hydrogen-bond acceptors (Lipinski definition) is 2. The van der Waals surface area contributed by atoms with Gasteiger partial charge in [-0.2, -0.15) is 8.78 Å². The van der Waals surface area contributed by atoms with Crippen LogP contribution in [0.25, 0.3) is 0 Å². The highest BCUT2D eigenvalue weighted by atomic mass is 19.3. The Hall–Kier alpha value is -1.30. The highest BCUT2D eigenvalue weighted by molar-refractivity contribution is 5.27. The molecule has 0 aliphatic rings. The van der Waals surface area contributed by atoms with Crippen molar-refractivity contribution in [2.75, 3.05) is 6.54 Å². The third kappa shape index (κ3) is 3.89. The van der Waals surface area contributed by atoms with Crippen molar-refractivity contribution in [3.05, 3.63) is 29.8 Å². The van der Waals surface area contributed by atoms with Gasteiger partial charge in [0, 0.05) is 6.04 Å². The third-order valence-electron chi connectivity index (χ3n) is 2.36. The van der Waals surface area contributed by atoms with Crippen LogP contribution in [0.1, 0.15) is 18.5 Å². The molecule has 6 heteroatoms. The molecule has 0 bridgehead atoms. The predicted octanol–water partition coefficient (Wildman–Crippen LogP) is 2.94. The molecule has 17 heavy (non-hydrogen) atoms. The van der Waals surface area contributed by atoms with E-state index in [9.17, 15) is 17.6 Å². The van der Waals surface area contributed by atoms with Crippen LogP contribution >= 0.6 is 0 Å². The summed E-state index contributed by atoms with van der Waals surface area (Å²) < 4.78 is 49.1. The summed E-state index contributed by atoms with van der Waals surface area (Å²) in [6.07, 6.45) is -3.68. The fourth-order valence-corrected chi connectivity index (χ4v) is 1.25. The Balaban J connectivity index is 2.55. The van der Waals surface area contributed by atoms with Crippen molar-refractivity contribution < 1.29 is 22.7 Å².